The second-order valence-corrected chi connectivity index (χ2v) is 7.32. The van der Waals surface area contributed by atoms with Gasteiger partial charge < -0.3 is 14.9 Å². The number of nitrogens with zero attached hydrogens (tertiary/aromatic N) is 2. The van der Waals surface area contributed by atoms with Crippen LogP contribution in [0.4, 0.5) is 5.69 Å². The summed E-state index contributed by atoms with van der Waals surface area (Å²) < 4.78 is 0. The number of carbonyl (C=O) groups is 1. The van der Waals surface area contributed by atoms with Gasteiger partial charge in [0.1, 0.15) is 0 Å². The Morgan fingerprint density at radius 3 is 2.56 bits per heavy atom. The molecule has 4 heteroatoms. The van der Waals surface area contributed by atoms with Crippen LogP contribution in [0.15, 0.2) is 48.5 Å². The number of β-amino-alcohol motifs (C(OH)–C–C–N with tert-alkyl or cyclic N) is 1. The Balaban J connectivity index is 1.68. The fourth-order valence-electron chi connectivity index (χ4n) is 3.71. The molecule has 3 rings (SSSR count). The first-order chi connectivity index (χ1) is 13.1. The molecule has 4 nitrogen and oxygen atoms in total. The number of rotatable bonds is 7. The SMILES string of the molecule is CCCN(CC)C(=O)c1cccc(Cc2ccc(N3CCC(O)C3)cc2)c1. The van der Waals surface area contributed by atoms with Gasteiger partial charge in [0.15, 0.2) is 0 Å². The summed E-state index contributed by atoms with van der Waals surface area (Å²) >= 11 is 0. The van der Waals surface area contributed by atoms with Crippen LogP contribution in [0.1, 0.15) is 48.2 Å². The van der Waals surface area contributed by atoms with E-state index in [9.17, 15) is 9.90 Å². The van der Waals surface area contributed by atoms with Gasteiger partial charge in [-0.2, -0.15) is 0 Å². The van der Waals surface area contributed by atoms with Gasteiger partial charge in [-0.3, -0.25) is 4.79 Å². The number of amides is 1. The van der Waals surface area contributed by atoms with Crippen LogP contribution >= 0.6 is 0 Å². The van der Waals surface area contributed by atoms with E-state index in [1.54, 1.807) is 0 Å². The normalized spacial score (nSPS) is 16.6. The van der Waals surface area contributed by atoms with E-state index in [0.717, 1.165) is 62.3 Å². The van der Waals surface area contributed by atoms with E-state index in [-0.39, 0.29) is 12.0 Å². The van der Waals surface area contributed by atoms with Crippen molar-refractivity contribution in [2.45, 2.75) is 39.2 Å². The molecule has 1 aliphatic rings. The number of aliphatic hydroxyl groups is 1. The van der Waals surface area contributed by atoms with Crippen LogP contribution in [-0.4, -0.2) is 48.2 Å². The number of aliphatic hydroxyl groups excluding tert-OH is 1. The molecule has 0 bridgehead atoms. The van der Waals surface area contributed by atoms with Crippen molar-refractivity contribution >= 4 is 11.6 Å². The minimum absolute atomic E-state index is 0.115. The van der Waals surface area contributed by atoms with Gasteiger partial charge in [-0.15, -0.1) is 0 Å². The largest absolute Gasteiger partial charge is 0.391 e. The van der Waals surface area contributed by atoms with Crippen LogP contribution in [0, 0.1) is 0 Å². The maximum atomic E-state index is 12.7. The van der Waals surface area contributed by atoms with E-state index in [1.807, 2.05) is 30.0 Å². The average Bonchev–Trinajstić information content (AvgIpc) is 3.13. The Bertz CT molecular complexity index is 757. The van der Waals surface area contributed by atoms with Gasteiger partial charge in [-0.05, 0) is 61.6 Å². The molecule has 144 valence electrons. The number of carbonyl (C=O) groups excluding carboxylic acids is 1. The fraction of sp³-hybridized carbons (Fsp3) is 0.435. The second-order valence-electron chi connectivity index (χ2n) is 7.32. The Labute approximate surface area is 162 Å². The summed E-state index contributed by atoms with van der Waals surface area (Å²) in [7, 11) is 0. The Morgan fingerprint density at radius 2 is 1.93 bits per heavy atom. The number of hydrogen-bond acceptors (Lipinski definition) is 3. The lowest BCUT2D eigenvalue weighted by molar-refractivity contribution is 0.0764. The molecule has 1 unspecified atom stereocenters. The van der Waals surface area contributed by atoms with Crippen LogP contribution in [0.5, 0.6) is 0 Å². The van der Waals surface area contributed by atoms with E-state index in [4.69, 9.17) is 0 Å². The first-order valence-electron chi connectivity index (χ1n) is 10.0. The highest BCUT2D eigenvalue weighted by Crippen LogP contribution is 2.22. The molecule has 0 spiro atoms. The van der Waals surface area contributed by atoms with Crippen LogP contribution in [0.25, 0.3) is 0 Å². The van der Waals surface area contributed by atoms with E-state index in [1.165, 1.54) is 5.56 Å². The summed E-state index contributed by atoms with van der Waals surface area (Å²) in [6.45, 7) is 7.29. The molecule has 1 atom stereocenters. The van der Waals surface area contributed by atoms with Crippen molar-refractivity contribution in [1.29, 1.82) is 0 Å². The molecule has 1 heterocycles. The molecule has 1 fully saturated rings. The van der Waals surface area contributed by atoms with Gasteiger partial charge in [-0.25, -0.2) is 0 Å². The quantitative estimate of drug-likeness (QED) is 0.812. The standard InChI is InChI=1S/C23H30N2O2/c1-3-13-24(4-2)23(27)20-7-5-6-19(16-20)15-18-8-10-21(11-9-18)25-14-12-22(26)17-25/h5-11,16,22,26H,3-4,12-15,17H2,1-2H3. The summed E-state index contributed by atoms with van der Waals surface area (Å²) in [5, 5.41) is 9.70. The molecule has 0 aliphatic carbocycles. The van der Waals surface area contributed by atoms with Gasteiger partial charge in [0.05, 0.1) is 6.10 Å². The van der Waals surface area contributed by atoms with Crippen molar-refractivity contribution in [3.05, 3.63) is 65.2 Å². The number of anilines is 1. The monoisotopic (exact) mass is 366 g/mol. The van der Waals surface area contributed by atoms with Crippen LogP contribution in [0.3, 0.4) is 0 Å². The van der Waals surface area contributed by atoms with Gasteiger partial charge in [0.25, 0.3) is 5.91 Å². The minimum Gasteiger partial charge on any atom is -0.391 e. The van der Waals surface area contributed by atoms with Gasteiger partial charge in [0, 0.05) is 37.4 Å². The predicted molar refractivity (Wildman–Crippen MR) is 110 cm³/mol. The highest BCUT2D eigenvalue weighted by atomic mass is 16.3. The maximum absolute atomic E-state index is 12.7. The highest BCUT2D eigenvalue weighted by molar-refractivity contribution is 5.94. The third kappa shape index (κ3) is 4.89. The summed E-state index contributed by atoms with van der Waals surface area (Å²) in [4.78, 5) is 16.8. The van der Waals surface area contributed by atoms with Crippen LogP contribution in [-0.2, 0) is 6.42 Å². The third-order valence-corrected chi connectivity index (χ3v) is 5.21. The Kier molecular flexibility index (Phi) is 6.51. The Hall–Kier alpha value is -2.33. The van der Waals surface area contributed by atoms with Crippen molar-refractivity contribution in [3.63, 3.8) is 0 Å². The Morgan fingerprint density at radius 1 is 1.15 bits per heavy atom. The molecule has 1 amide bonds. The lowest BCUT2D eigenvalue weighted by Gasteiger charge is -2.20. The van der Waals surface area contributed by atoms with Gasteiger partial charge in [-0.1, -0.05) is 31.2 Å². The number of hydrogen-bond donors (Lipinski definition) is 1. The third-order valence-electron chi connectivity index (χ3n) is 5.21. The van der Waals surface area contributed by atoms with Gasteiger partial charge >= 0.3 is 0 Å². The van der Waals surface area contributed by atoms with Gasteiger partial charge in [0.2, 0.25) is 0 Å². The zero-order valence-electron chi connectivity index (χ0n) is 16.4. The first-order valence-corrected chi connectivity index (χ1v) is 10.0. The summed E-state index contributed by atoms with van der Waals surface area (Å²) in [5.41, 5.74) is 4.31. The zero-order chi connectivity index (χ0) is 19.2. The molecule has 27 heavy (non-hydrogen) atoms. The average molecular weight is 367 g/mol. The predicted octanol–water partition coefficient (Wildman–Crippen LogP) is 3.72. The lowest BCUT2D eigenvalue weighted by Crippen LogP contribution is -2.31. The lowest BCUT2D eigenvalue weighted by atomic mass is 10.0. The number of benzene rings is 2. The minimum atomic E-state index is -0.208. The van der Waals surface area contributed by atoms with Crippen molar-refractivity contribution in [2.75, 3.05) is 31.1 Å². The molecule has 1 N–H and O–H groups in total. The van der Waals surface area contributed by atoms with Crippen LogP contribution < -0.4 is 4.90 Å². The maximum Gasteiger partial charge on any atom is 0.253 e. The van der Waals surface area contributed by atoms with E-state index >= 15 is 0 Å². The fourth-order valence-corrected chi connectivity index (χ4v) is 3.71. The van der Waals surface area contributed by atoms with E-state index in [2.05, 4.69) is 42.2 Å². The molecular weight excluding hydrogens is 336 g/mol. The topological polar surface area (TPSA) is 43.8 Å². The van der Waals surface area contributed by atoms with Crippen molar-refractivity contribution < 1.29 is 9.90 Å². The van der Waals surface area contributed by atoms with Crippen molar-refractivity contribution in [3.8, 4) is 0 Å². The van der Waals surface area contributed by atoms with E-state index < -0.39 is 0 Å². The molecular formula is C23H30N2O2. The summed E-state index contributed by atoms with van der Waals surface area (Å²) in [6, 6.07) is 16.5. The molecule has 0 saturated carbocycles. The summed E-state index contributed by atoms with van der Waals surface area (Å²) in [5.74, 6) is 0.115. The molecule has 1 saturated heterocycles. The van der Waals surface area contributed by atoms with Crippen molar-refractivity contribution in [1.82, 2.24) is 4.90 Å². The van der Waals surface area contributed by atoms with Crippen LogP contribution in [0.2, 0.25) is 0 Å². The van der Waals surface area contributed by atoms with Crippen molar-refractivity contribution in [2.24, 2.45) is 0 Å². The van der Waals surface area contributed by atoms with E-state index in [0.29, 0.717) is 0 Å². The zero-order valence-corrected chi connectivity index (χ0v) is 16.4. The smallest absolute Gasteiger partial charge is 0.253 e. The molecule has 0 aromatic heterocycles. The molecule has 2 aromatic carbocycles. The molecule has 1 aliphatic heterocycles. The second kappa shape index (κ2) is 9.05. The summed E-state index contributed by atoms with van der Waals surface area (Å²) in [6.07, 6.45) is 2.42. The molecule has 0 radical (unpaired) electrons. The first kappa shape index (κ1) is 19.4. The molecule has 2 aromatic rings. The highest BCUT2D eigenvalue weighted by Gasteiger charge is 2.20.